The summed E-state index contributed by atoms with van der Waals surface area (Å²) in [5, 5.41) is 7.91. The van der Waals surface area contributed by atoms with Crippen molar-refractivity contribution in [1.29, 1.82) is 0 Å². The van der Waals surface area contributed by atoms with Crippen molar-refractivity contribution in [3.63, 3.8) is 0 Å². The molecule has 0 unspecified atom stereocenters. The van der Waals surface area contributed by atoms with E-state index >= 15 is 0 Å². The molecule has 3 aromatic heterocycles. The molecule has 37 heavy (non-hydrogen) atoms. The number of aromatic nitrogens is 4. The van der Waals surface area contributed by atoms with Gasteiger partial charge in [0.25, 0.3) is 11.5 Å². The number of imidazole rings is 1. The van der Waals surface area contributed by atoms with Crippen LogP contribution in [0.5, 0.6) is 0 Å². The van der Waals surface area contributed by atoms with Crippen molar-refractivity contribution in [3.8, 4) is 11.3 Å². The highest BCUT2D eigenvalue weighted by Crippen LogP contribution is 2.29. The van der Waals surface area contributed by atoms with E-state index in [-0.39, 0.29) is 11.5 Å². The number of thiophene rings is 1. The summed E-state index contributed by atoms with van der Waals surface area (Å²) < 4.78 is 5.48. The molecule has 0 spiro atoms. The average molecular weight is 514 g/mol. The Morgan fingerprint density at radius 1 is 0.973 bits per heavy atom. The first kappa shape index (κ1) is 23.0. The van der Waals surface area contributed by atoms with Crippen LogP contribution in [0, 0.1) is 0 Å². The Bertz CT molecular complexity index is 1620. The zero-order valence-corrected chi connectivity index (χ0v) is 20.5. The number of rotatable bonds is 6. The van der Waals surface area contributed by atoms with Gasteiger partial charge >= 0.3 is 0 Å². The van der Waals surface area contributed by atoms with Crippen LogP contribution >= 0.6 is 11.3 Å². The van der Waals surface area contributed by atoms with E-state index in [4.69, 9.17) is 4.74 Å². The molecule has 1 amide bonds. The number of benzene rings is 2. The molecule has 1 fully saturated rings. The number of nitrogens with zero attached hydrogens (tertiary/aromatic N) is 3. The van der Waals surface area contributed by atoms with E-state index < -0.39 is 0 Å². The van der Waals surface area contributed by atoms with Crippen LogP contribution in [0.3, 0.4) is 0 Å². The maximum absolute atomic E-state index is 12.5. The summed E-state index contributed by atoms with van der Waals surface area (Å²) in [7, 11) is 0. The first-order valence-electron chi connectivity index (χ1n) is 11.8. The molecular formula is C26H23N7O3S. The zero-order chi connectivity index (χ0) is 25.2. The minimum atomic E-state index is -0.273. The van der Waals surface area contributed by atoms with Crippen LogP contribution in [0.4, 0.5) is 23.3 Å². The maximum atomic E-state index is 12.5. The van der Waals surface area contributed by atoms with E-state index in [0.717, 1.165) is 30.0 Å². The van der Waals surface area contributed by atoms with Crippen molar-refractivity contribution < 1.29 is 9.53 Å². The van der Waals surface area contributed by atoms with Gasteiger partial charge in [-0.2, -0.15) is 0 Å². The first-order valence-corrected chi connectivity index (χ1v) is 12.7. The number of hydrogen-bond donors (Lipinski definition) is 4. The van der Waals surface area contributed by atoms with Crippen molar-refractivity contribution in [1.82, 2.24) is 19.9 Å². The molecule has 0 saturated carbocycles. The minimum Gasteiger partial charge on any atom is -0.378 e. The van der Waals surface area contributed by atoms with Crippen LogP contribution < -0.4 is 21.1 Å². The Morgan fingerprint density at radius 2 is 1.84 bits per heavy atom. The third-order valence-corrected chi connectivity index (χ3v) is 6.87. The highest BCUT2D eigenvalue weighted by Gasteiger charge is 2.16. The zero-order valence-electron chi connectivity index (χ0n) is 19.7. The van der Waals surface area contributed by atoms with Gasteiger partial charge < -0.3 is 19.9 Å². The molecule has 1 aliphatic rings. The van der Waals surface area contributed by atoms with E-state index in [9.17, 15) is 9.59 Å². The van der Waals surface area contributed by atoms with Gasteiger partial charge in [-0.15, -0.1) is 11.3 Å². The Labute approximate surface area is 215 Å². The molecule has 1 aliphatic heterocycles. The average Bonchev–Trinajstić information content (AvgIpc) is 3.59. The fourth-order valence-corrected chi connectivity index (χ4v) is 4.88. The number of amides is 1. The molecule has 0 aliphatic carbocycles. The summed E-state index contributed by atoms with van der Waals surface area (Å²) >= 11 is 1.36. The Kier molecular flexibility index (Phi) is 6.13. The van der Waals surface area contributed by atoms with Crippen molar-refractivity contribution in [2.24, 2.45) is 0 Å². The number of H-pyrrole nitrogens is 2. The number of para-hydroxylation sites is 2. The van der Waals surface area contributed by atoms with Crippen LogP contribution in [-0.2, 0) is 4.74 Å². The first-order chi connectivity index (χ1) is 18.1. The highest BCUT2D eigenvalue weighted by atomic mass is 32.1. The number of morpholine rings is 1. The number of fused-ring (bicyclic) bond motifs is 1. The van der Waals surface area contributed by atoms with E-state index in [1.165, 1.54) is 17.4 Å². The predicted octanol–water partition coefficient (Wildman–Crippen LogP) is 4.21. The monoisotopic (exact) mass is 513 g/mol. The highest BCUT2D eigenvalue weighted by molar-refractivity contribution is 7.12. The lowest BCUT2D eigenvalue weighted by atomic mass is 10.1. The summed E-state index contributed by atoms with van der Waals surface area (Å²) in [5.41, 5.74) is 4.25. The van der Waals surface area contributed by atoms with Gasteiger partial charge in [0.1, 0.15) is 0 Å². The summed E-state index contributed by atoms with van der Waals surface area (Å²) in [6.45, 7) is 2.94. The second kappa shape index (κ2) is 9.88. The number of hydrogen-bond acceptors (Lipinski definition) is 8. The lowest BCUT2D eigenvalue weighted by Crippen LogP contribution is -2.36. The van der Waals surface area contributed by atoms with E-state index in [2.05, 4.69) is 35.5 Å². The molecule has 10 nitrogen and oxygen atoms in total. The van der Waals surface area contributed by atoms with Crippen LogP contribution in [0.2, 0.25) is 0 Å². The van der Waals surface area contributed by atoms with Gasteiger partial charge in [-0.05, 0) is 35.7 Å². The Balaban J connectivity index is 1.27. The molecule has 1 saturated heterocycles. The number of ether oxygens (including phenoxy) is 1. The largest absolute Gasteiger partial charge is 0.378 e. The molecule has 4 N–H and O–H groups in total. The Morgan fingerprint density at radius 3 is 2.68 bits per heavy atom. The molecule has 0 atom stereocenters. The lowest BCUT2D eigenvalue weighted by molar-refractivity contribution is 0.103. The molecule has 6 rings (SSSR count). The third-order valence-electron chi connectivity index (χ3n) is 6.01. The van der Waals surface area contributed by atoms with Crippen LogP contribution in [0.15, 0.2) is 70.8 Å². The van der Waals surface area contributed by atoms with Crippen LogP contribution in [0.25, 0.3) is 22.3 Å². The molecular weight excluding hydrogens is 490 g/mol. The molecule has 11 heteroatoms. The summed E-state index contributed by atoms with van der Waals surface area (Å²) in [4.78, 5) is 42.8. The standard InChI is InChI=1S/C26H23N7O3S/c34-23-15-19(29-25(31-23)28-18-4-1-2-5-21(18)33-9-11-36-12-10-33)16-7-8-17-20(14-16)30-26(27-17)32-24(35)22-6-3-13-37-22/h1-8,13-15H,9-12H2,(H2,27,30,32,35)(H2,28,29,31,34). The number of aromatic amines is 2. The smallest absolute Gasteiger partial charge is 0.268 e. The molecule has 5 aromatic rings. The van der Waals surface area contributed by atoms with E-state index in [1.807, 2.05) is 53.9 Å². The summed E-state index contributed by atoms with van der Waals surface area (Å²) in [6.07, 6.45) is 0. The van der Waals surface area contributed by atoms with Crippen LogP contribution in [-0.4, -0.2) is 52.1 Å². The number of anilines is 4. The molecule has 0 bridgehead atoms. The summed E-state index contributed by atoms with van der Waals surface area (Å²) in [5.74, 6) is 0.474. The van der Waals surface area contributed by atoms with Gasteiger partial charge in [0.15, 0.2) is 0 Å². The van der Waals surface area contributed by atoms with Gasteiger partial charge in [0, 0.05) is 24.7 Å². The fraction of sp³-hybridized carbons (Fsp3) is 0.154. The van der Waals surface area contributed by atoms with Gasteiger partial charge in [-0.25, -0.2) is 9.97 Å². The topological polar surface area (TPSA) is 128 Å². The maximum Gasteiger partial charge on any atom is 0.268 e. The summed E-state index contributed by atoms with van der Waals surface area (Å²) in [6, 6.07) is 18.5. The van der Waals surface area contributed by atoms with Crippen molar-refractivity contribution in [2.75, 3.05) is 41.8 Å². The van der Waals surface area contributed by atoms with Gasteiger partial charge in [-0.3, -0.25) is 19.9 Å². The van der Waals surface area contributed by atoms with Gasteiger partial charge in [0.05, 0.1) is 46.2 Å². The SMILES string of the molecule is O=C(Nc1nc2ccc(-c3cc(=O)[nH]c(Nc4ccccc4N4CCOCC4)n3)cc2[nH]1)c1cccs1. The normalized spacial score (nSPS) is 13.6. The fourth-order valence-electron chi connectivity index (χ4n) is 4.26. The second-order valence-corrected chi connectivity index (χ2v) is 9.42. The van der Waals surface area contributed by atoms with E-state index in [0.29, 0.717) is 46.7 Å². The lowest BCUT2D eigenvalue weighted by Gasteiger charge is -2.30. The van der Waals surface area contributed by atoms with Crippen molar-refractivity contribution in [2.45, 2.75) is 0 Å². The Hall–Kier alpha value is -4.48. The second-order valence-electron chi connectivity index (χ2n) is 8.47. The predicted molar refractivity (Wildman–Crippen MR) is 145 cm³/mol. The molecule has 2 aromatic carbocycles. The van der Waals surface area contributed by atoms with Crippen molar-refractivity contribution >= 4 is 51.5 Å². The number of nitrogens with one attached hydrogen (secondary N) is 4. The third kappa shape index (κ3) is 4.95. The van der Waals surface area contributed by atoms with Crippen molar-refractivity contribution in [3.05, 3.63) is 81.3 Å². The molecule has 4 heterocycles. The van der Waals surface area contributed by atoms with Crippen LogP contribution in [0.1, 0.15) is 9.67 Å². The van der Waals surface area contributed by atoms with E-state index in [1.54, 1.807) is 6.07 Å². The molecule has 0 radical (unpaired) electrons. The number of carbonyl (C=O) groups is 1. The van der Waals surface area contributed by atoms with Gasteiger partial charge in [0.2, 0.25) is 11.9 Å². The molecule has 186 valence electrons. The minimum absolute atomic E-state index is 0.224. The quantitative estimate of drug-likeness (QED) is 0.268. The number of carbonyl (C=O) groups excluding carboxylic acids is 1. The van der Waals surface area contributed by atoms with Gasteiger partial charge in [-0.1, -0.05) is 24.3 Å².